The number of carbonyl (C=O) groups is 3. The van der Waals surface area contributed by atoms with E-state index < -0.39 is 23.8 Å². The average Bonchev–Trinajstić information content (AvgIpc) is 3.23. The van der Waals surface area contributed by atoms with Gasteiger partial charge in [-0.15, -0.1) is 0 Å². The van der Waals surface area contributed by atoms with Crippen molar-refractivity contribution in [3.05, 3.63) is 64.7 Å². The third-order valence-corrected chi connectivity index (χ3v) is 6.29. The lowest BCUT2D eigenvalue weighted by Gasteiger charge is -2.31. The summed E-state index contributed by atoms with van der Waals surface area (Å²) in [6.07, 6.45) is 0.741. The Hall–Kier alpha value is -4.12. The van der Waals surface area contributed by atoms with E-state index in [1.807, 2.05) is 13.8 Å². The molecule has 36 heavy (non-hydrogen) atoms. The van der Waals surface area contributed by atoms with Crippen molar-refractivity contribution in [2.45, 2.75) is 26.3 Å². The number of nitrogen functional groups attached to an aromatic ring is 1. The monoisotopic (exact) mass is 511 g/mol. The van der Waals surface area contributed by atoms with Gasteiger partial charge in [0.15, 0.2) is 5.69 Å². The second kappa shape index (κ2) is 11.5. The van der Waals surface area contributed by atoms with Crippen LogP contribution in [0.3, 0.4) is 0 Å². The lowest BCUT2D eigenvalue weighted by atomic mass is 10.0. The second-order valence-corrected chi connectivity index (χ2v) is 9.26. The number of aromatic nitrogens is 1. The van der Waals surface area contributed by atoms with Crippen molar-refractivity contribution in [1.82, 2.24) is 9.69 Å². The zero-order chi connectivity index (χ0) is 26.4. The van der Waals surface area contributed by atoms with Crippen LogP contribution in [0, 0.1) is 5.92 Å². The molecule has 0 saturated heterocycles. The van der Waals surface area contributed by atoms with Gasteiger partial charge in [0.05, 0.1) is 12.8 Å². The molecule has 1 atom stereocenters. The Bertz CT molecular complexity index is 1240. The lowest BCUT2D eigenvalue weighted by molar-refractivity contribution is -0.122. The Kier molecular flexibility index (Phi) is 8.49. The van der Waals surface area contributed by atoms with Gasteiger partial charge < -0.3 is 26.6 Å². The molecule has 0 bridgehead atoms. The topological polar surface area (TPSA) is 161 Å². The molecular formula is C25H29N5O5S. The number of carbonyl (C=O) groups excluding carboxylic acids is 3. The quantitative estimate of drug-likeness (QED) is 0.325. The zero-order valence-electron chi connectivity index (χ0n) is 20.2. The van der Waals surface area contributed by atoms with E-state index >= 15 is 0 Å². The first-order valence-electron chi connectivity index (χ1n) is 11.2. The van der Waals surface area contributed by atoms with Gasteiger partial charge in [-0.2, -0.15) is 4.37 Å². The summed E-state index contributed by atoms with van der Waals surface area (Å²) < 4.78 is 9.16. The summed E-state index contributed by atoms with van der Waals surface area (Å²) in [5.41, 5.74) is 11.7. The Labute approximate surface area is 213 Å². The minimum atomic E-state index is -1.14. The van der Waals surface area contributed by atoms with Gasteiger partial charge in [0.1, 0.15) is 22.4 Å². The van der Waals surface area contributed by atoms with E-state index in [2.05, 4.69) is 9.69 Å². The summed E-state index contributed by atoms with van der Waals surface area (Å²) in [5, 5.41) is 13.1. The van der Waals surface area contributed by atoms with Gasteiger partial charge in [0.2, 0.25) is 5.91 Å². The fourth-order valence-corrected chi connectivity index (χ4v) is 4.29. The van der Waals surface area contributed by atoms with Gasteiger partial charge in [-0.05, 0) is 53.7 Å². The molecule has 6 N–H and O–H groups in total. The van der Waals surface area contributed by atoms with Gasteiger partial charge >= 0.3 is 0 Å². The minimum Gasteiger partial charge on any atom is -0.508 e. The highest BCUT2D eigenvalue weighted by molar-refractivity contribution is 7.09. The number of aromatic hydroxyl groups is 1. The Balaban J connectivity index is 2.16. The molecule has 1 aromatic heterocycles. The maximum Gasteiger partial charge on any atom is 0.273 e. The summed E-state index contributed by atoms with van der Waals surface area (Å²) in [5.74, 6) is -1.15. The first-order valence-corrected chi connectivity index (χ1v) is 12.0. The molecule has 3 aromatic rings. The Morgan fingerprint density at radius 3 is 2.42 bits per heavy atom. The van der Waals surface area contributed by atoms with Crippen molar-refractivity contribution in [2.75, 3.05) is 24.3 Å². The Morgan fingerprint density at radius 2 is 1.86 bits per heavy atom. The number of primary amides is 1. The summed E-state index contributed by atoms with van der Waals surface area (Å²) in [6, 6.07) is 11.5. The number of hydrogen-bond acceptors (Lipinski definition) is 8. The van der Waals surface area contributed by atoms with Crippen molar-refractivity contribution in [1.29, 1.82) is 0 Å². The molecule has 1 heterocycles. The van der Waals surface area contributed by atoms with E-state index in [9.17, 15) is 19.5 Å². The standard InChI is InChI=1S/C25H29N5O5S/c1-14(2)11-12-28-24(33)21(15-7-9-18(35-3)10-8-15)30(16-5-4-6-17(31)13-16)25(34)22-19(26)20(23(27)32)29-36-22/h4-10,13-14,21,31H,11-12,26H2,1-3H3,(H2,27,32)(H,28,33). The third-order valence-electron chi connectivity index (χ3n) is 5.44. The summed E-state index contributed by atoms with van der Waals surface area (Å²) in [4.78, 5) is 40.4. The van der Waals surface area contributed by atoms with E-state index in [-0.39, 0.29) is 27.7 Å². The molecule has 0 aliphatic carbocycles. The van der Waals surface area contributed by atoms with Gasteiger partial charge in [0, 0.05) is 18.3 Å². The smallest absolute Gasteiger partial charge is 0.273 e. The molecule has 0 aliphatic rings. The predicted molar refractivity (Wildman–Crippen MR) is 138 cm³/mol. The highest BCUT2D eigenvalue weighted by atomic mass is 32.1. The molecule has 2 aromatic carbocycles. The average molecular weight is 512 g/mol. The van der Waals surface area contributed by atoms with Crippen molar-refractivity contribution in [2.24, 2.45) is 11.7 Å². The number of anilines is 2. The lowest BCUT2D eigenvalue weighted by Crippen LogP contribution is -2.44. The van der Waals surface area contributed by atoms with Crippen LogP contribution in [-0.2, 0) is 4.79 Å². The molecular weight excluding hydrogens is 482 g/mol. The molecule has 10 nitrogen and oxygen atoms in total. The van der Waals surface area contributed by atoms with Crippen molar-refractivity contribution in [3.63, 3.8) is 0 Å². The van der Waals surface area contributed by atoms with Crippen LogP contribution in [0.5, 0.6) is 11.5 Å². The zero-order valence-corrected chi connectivity index (χ0v) is 21.0. The largest absolute Gasteiger partial charge is 0.508 e. The predicted octanol–water partition coefficient (Wildman–Crippen LogP) is 3.09. The third kappa shape index (κ3) is 5.92. The van der Waals surface area contributed by atoms with Crippen LogP contribution < -0.4 is 26.4 Å². The summed E-state index contributed by atoms with van der Waals surface area (Å²) >= 11 is 0.711. The van der Waals surface area contributed by atoms with Crippen LogP contribution in [0.15, 0.2) is 48.5 Å². The van der Waals surface area contributed by atoms with Crippen LogP contribution in [-0.4, -0.2) is 40.9 Å². The van der Waals surface area contributed by atoms with Crippen molar-refractivity contribution < 1.29 is 24.2 Å². The fourth-order valence-electron chi connectivity index (χ4n) is 3.55. The minimum absolute atomic E-state index is 0.0550. The number of nitrogens with two attached hydrogens (primary N) is 2. The number of phenols is 1. The molecule has 0 saturated carbocycles. The number of nitrogens with zero attached hydrogens (tertiary/aromatic N) is 2. The number of amides is 3. The summed E-state index contributed by atoms with van der Waals surface area (Å²) in [7, 11) is 1.52. The number of benzene rings is 2. The molecule has 0 radical (unpaired) electrons. The first kappa shape index (κ1) is 26.5. The summed E-state index contributed by atoms with van der Waals surface area (Å²) in [6.45, 7) is 4.48. The highest BCUT2D eigenvalue weighted by Gasteiger charge is 2.36. The van der Waals surface area contributed by atoms with Crippen LogP contribution in [0.1, 0.15) is 52.0 Å². The molecule has 0 fully saturated rings. The number of rotatable bonds is 10. The molecule has 11 heteroatoms. The van der Waals surface area contributed by atoms with Crippen LogP contribution in [0.4, 0.5) is 11.4 Å². The van der Waals surface area contributed by atoms with Gasteiger partial charge in [-0.3, -0.25) is 19.3 Å². The van der Waals surface area contributed by atoms with Crippen LogP contribution in [0.2, 0.25) is 0 Å². The molecule has 1 unspecified atom stereocenters. The van der Waals surface area contributed by atoms with Gasteiger partial charge in [-0.25, -0.2) is 0 Å². The van der Waals surface area contributed by atoms with Crippen molar-refractivity contribution >= 4 is 40.6 Å². The normalized spacial score (nSPS) is 11.7. The van der Waals surface area contributed by atoms with Gasteiger partial charge in [-0.1, -0.05) is 32.0 Å². The molecule has 3 amide bonds. The molecule has 0 aliphatic heterocycles. The molecule has 0 spiro atoms. The van der Waals surface area contributed by atoms with Crippen LogP contribution in [0.25, 0.3) is 0 Å². The number of nitrogens with one attached hydrogen (secondary N) is 1. The number of hydrogen-bond donors (Lipinski definition) is 4. The van der Waals surface area contributed by atoms with E-state index in [0.29, 0.717) is 35.3 Å². The van der Waals surface area contributed by atoms with E-state index in [4.69, 9.17) is 16.2 Å². The molecule has 3 rings (SSSR count). The fraction of sp³-hybridized carbons (Fsp3) is 0.280. The van der Waals surface area contributed by atoms with E-state index in [1.165, 1.54) is 24.1 Å². The van der Waals surface area contributed by atoms with E-state index in [0.717, 1.165) is 6.42 Å². The van der Waals surface area contributed by atoms with Crippen LogP contribution >= 0.6 is 11.5 Å². The number of ether oxygens (including phenoxy) is 1. The highest BCUT2D eigenvalue weighted by Crippen LogP contribution is 2.34. The van der Waals surface area contributed by atoms with Crippen molar-refractivity contribution in [3.8, 4) is 11.5 Å². The molecule has 190 valence electrons. The maximum atomic E-state index is 13.9. The van der Waals surface area contributed by atoms with Gasteiger partial charge in [0.25, 0.3) is 11.8 Å². The number of phenolic OH excluding ortho intramolecular Hbond substituents is 1. The number of methoxy groups -OCH3 is 1. The second-order valence-electron chi connectivity index (χ2n) is 8.48. The SMILES string of the molecule is COc1ccc(C(C(=O)NCCC(C)C)N(C(=O)c2snc(C(N)=O)c2N)c2cccc(O)c2)cc1. The maximum absolute atomic E-state index is 13.9. The Morgan fingerprint density at radius 1 is 1.17 bits per heavy atom. The first-order chi connectivity index (χ1) is 17.1. The van der Waals surface area contributed by atoms with E-state index in [1.54, 1.807) is 36.4 Å².